The number of halogens is 1. The van der Waals surface area contributed by atoms with Crippen LogP contribution in [0, 0.1) is 5.41 Å². The van der Waals surface area contributed by atoms with Crippen LogP contribution < -0.4 is 15.2 Å². The maximum absolute atomic E-state index is 13.1. The maximum Gasteiger partial charge on any atom is 0.345 e. The van der Waals surface area contributed by atoms with Gasteiger partial charge < -0.3 is 19.9 Å². The third kappa shape index (κ3) is 3.90. The number of benzene rings is 1. The molecule has 0 saturated carbocycles. The van der Waals surface area contributed by atoms with Crippen molar-refractivity contribution in [2.45, 2.75) is 18.2 Å². The Kier molecular flexibility index (Phi) is 7.29. The van der Waals surface area contributed by atoms with E-state index in [4.69, 9.17) is 19.9 Å². The lowest BCUT2D eigenvalue weighted by Crippen LogP contribution is -2.34. The average Bonchev–Trinajstić information content (AvgIpc) is 3.03. The van der Waals surface area contributed by atoms with Gasteiger partial charge in [-0.15, -0.1) is 12.4 Å². The van der Waals surface area contributed by atoms with E-state index >= 15 is 0 Å². The lowest BCUT2D eigenvalue weighted by molar-refractivity contribution is 0.0592. The molecule has 2 N–H and O–H groups in total. The fraction of sp³-hybridized carbons (Fsp3) is 0.562. The Labute approximate surface area is 160 Å². The minimum atomic E-state index is -3.86. The summed E-state index contributed by atoms with van der Waals surface area (Å²) in [5, 5.41) is 0. The number of esters is 1. The van der Waals surface area contributed by atoms with Crippen LogP contribution in [0.5, 0.6) is 11.5 Å². The lowest BCUT2D eigenvalue weighted by Gasteiger charge is -2.23. The molecule has 0 spiro atoms. The molecule has 26 heavy (non-hydrogen) atoms. The zero-order valence-electron chi connectivity index (χ0n) is 15.3. The van der Waals surface area contributed by atoms with Gasteiger partial charge in [0.15, 0.2) is 5.75 Å². The second-order valence-electron chi connectivity index (χ2n) is 6.27. The van der Waals surface area contributed by atoms with Crippen molar-refractivity contribution < 1.29 is 27.4 Å². The van der Waals surface area contributed by atoms with Gasteiger partial charge in [-0.3, -0.25) is 0 Å². The number of carbonyl (C=O) groups excluding carboxylic acids is 1. The normalized spacial score (nSPS) is 20.3. The van der Waals surface area contributed by atoms with Gasteiger partial charge in [0.1, 0.15) is 16.2 Å². The Balaban J connectivity index is 0.00000338. The minimum Gasteiger partial charge on any atom is -0.496 e. The highest BCUT2D eigenvalue weighted by atomic mass is 35.5. The number of nitrogens with two attached hydrogens (primary N) is 1. The summed E-state index contributed by atoms with van der Waals surface area (Å²) < 4.78 is 42.7. The van der Waals surface area contributed by atoms with E-state index < -0.39 is 16.0 Å². The van der Waals surface area contributed by atoms with Crippen molar-refractivity contribution in [2.75, 3.05) is 41.0 Å². The second kappa shape index (κ2) is 8.43. The molecular weight excluding hydrogens is 384 g/mol. The topological polar surface area (TPSA) is 108 Å². The van der Waals surface area contributed by atoms with E-state index in [1.165, 1.54) is 37.8 Å². The van der Waals surface area contributed by atoms with Crippen LogP contribution in [0.3, 0.4) is 0 Å². The summed E-state index contributed by atoms with van der Waals surface area (Å²) in [6.45, 7) is 3.02. The number of carbonyl (C=O) groups is 1. The van der Waals surface area contributed by atoms with E-state index in [0.717, 1.165) is 0 Å². The molecule has 1 aromatic carbocycles. The number of methoxy groups -OCH3 is 3. The number of sulfonamides is 1. The number of ether oxygens (including phenoxy) is 3. The summed E-state index contributed by atoms with van der Waals surface area (Å²) in [5.74, 6) is -0.651. The van der Waals surface area contributed by atoms with Crippen LogP contribution in [0.4, 0.5) is 0 Å². The van der Waals surface area contributed by atoms with Crippen LogP contribution in [0.1, 0.15) is 23.7 Å². The largest absolute Gasteiger partial charge is 0.496 e. The Morgan fingerprint density at radius 3 is 2.38 bits per heavy atom. The summed E-state index contributed by atoms with van der Waals surface area (Å²) in [6.07, 6.45) is 0.672. The molecule has 0 aliphatic carbocycles. The third-order valence-corrected chi connectivity index (χ3v) is 6.40. The number of rotatable bonds is 6. The maximum atomic E-state index is 13.1. The van der Waals surface area contributed by atoms with Crippen molar-refractivity contribution >= 4 is 28.4 Å². The van der Waals surface area contributed by atoms with E-state index in [1.807, 2.05) is 6.92 Å². The third-order valence-electron chi connectivity index (χ3n) is 4.53. The standard InChI is InChI=1S/C16H24N2O6S.ClH/c1-16(9-17)7-8-18(10-16)25(20,21)12-6-5-11(22-2)13(14(12)23-3)15(19)24-4;/h5-6H,7-10,17H2,1-4H3;1H. The van der Waals surface area contributed by atoms with Crippen molar-refractivity contribution in [1.82, 2.24) is 4.31 Å². The van der Waals surface area contributed by atoms with Gasteiger partial charge in [0.2, 0.25) is 10.0 Å². The quantitative estimate of drug-likeness (QED) is 0.706. The van der Waals surface area contributed by atoms with Gasteiger partial charge in [-0.05, 0) is 30.5 Å². The first-order valence-electron chi connectivity index (χ1n) is 7.77. The van der Waals surface area contributed by atoms with Gasteiger partial charge in [0.05, 0.1) is 21.3 Å². The molecule has 1 unspecified atom stereocenters. The molecule has 1 aliphatic rings. The van der Waals surface area contributed by atoms with E-state index in [9.17, 15) is 13.2 Å². The summed E-state index contributed by atoms with van der Waals surface area (Å²) in [5.41, 5.74) is 5.44. The molecule has 1 fully saturated rings. The van der Waals surface area contributed by atoms with E-state index in [1.54, 1.807) is 0 Å². The molecule has 1 atom stereocenters. The highest BCUT2D eigenvalue weighted by Gasteiger charge is 2.41. The van der Waals surface area contributed by atoms with Crippen LogP contribution in [-0.4, -0.2) is 59.7 Å². The minimum absolute atomic E-state index is 0. The number of hydrogen-bond donors (Lipinski definition) is 1. The van der Waals surface area contributed by atoms with Gasteiger partial charge in [0.25, 0.3) is 0 Å². The molecule has 8 nitrogen and oxygen atoms in total. The monoisotopic (exact) mass is 408 g/mol. The molecule has 0 bridgehead atoms. The van der Waals surface area contributed by atoms with Crippen LogP contribution in [-0.2, 0) is 14.8 Å². The molecule has 1 aliphatic heterocycles. The molecule has 0 amide bonds. The van der Waals surface area contributed by atoms with Crippen LogP contribution in [0.2, 0.25) is 0 Å². The van der Waals surface area contributed by atoms with Gasteiger partial charge in [0, 0.05) is 13.1 Å². The van der Waals surface area contributed by atoms with Gasteiger partial charge in [-0.2, -0.15) is 4.31 Å². The van der Waals surface area contributed by atoms with Crippen molar-refractivity contribution in [2.24, 2.45) is 11.1 Å². The van der Waals surface area contributed by atoms with Gasteiger partial charge in [-0.1, -0.05) is 6.92 Å². The van der Waals surface area contributed by atoms with Crippen molar-refractivity contribution in [3.8, 4) is 11.5 Å². The molecule has 1 aromatic rings. The first-order valence-corrected chi connectivity index (χ1v) is 9.21. The highest BCUT2D eigenvalue weighted by Crippen LogP contribution is 2.39. The summed E-state index contributed by atoms with van der Waals surface area (Å²) in [6, 6.07) is 2.79. The highest BCUT2D eigenvalue weighted by molar-refractivity contribution is 7.89. The number of nitrogens with zero attached hydrogens (tertiary/aromatic N) is 1. The van der Waals surface area contributed by atoms with Gasteiger partial charge in [-0.25, -0.2) is 13.2 Å². The number of hydrogen-bond acceptors (Lipinski definition) is 7. The van der Waals surface area contributed by atoms with Gasteiger partial charge >= 0.3 is 5.97 Å². The van der Waals surface area contributed by atoms with Crippen molar-refractivity contribution in [3.63, 3.8) is 0 Å². The Bertz CT molecular complexity index is 770. The molecule has 10 heteroatoms. The van der Waals surface area contributed by atoms with Crippen molar-refractivity contribution in [3.05, 3.63) is 17.7 Å². The molecule has 0 aromatic heterocycles. The summed E-state index contributed by atoms with van der Waals surface area (Å²) in [4.78, 5) is 12.0. The molecular formula is C16H25ClN2O6S. The van der Waals surface area contributed by atoms with Crippen molar-refractivity contribution in [1.29, 1.82) is 0 Å². The Hall–Kier alpha value is -1.55. The molecule has 0 radical (unpaired) electrons. The molecule has 2 rings (SSSR count). The lowest BCUT2D eigenvalue weighted by atomic mass is 9.90. The molecule has 1 saturated heterocycles. The predicted octanol–water partition coefficient (Wildman–Crippen LogP) is 1.27. The fourth-order valence-electron chi connectivity index (χ4n) is 2.91. The molecule has 1 heterocycles. The van der Waals surface area contributed by atoms with E-state index in [2.05, 4.69) is 0 Å². The zero-order valence-corrected chi connectivity index (χ0v) is 16.9. The summed E-state index contributed by atoms with van der Waals surface area (Å²) in [7, 11) is 0.0189. The Morgan fingerprint density at radius 2 is 1.92 bits per heavy atom. The summed E-state index contributed by atoms with van der Waals surface area (Å²) >= 11 is 0. The van der Waals surface area contributed by atoms with E-state index in [-0.39, 0.29) is 39.8 Å². The second-order valence-corrected chi connectivity index (χ2v) is 8.18. The fourth-order valence-corrected chi connectivity index (χ4v) is 4.66. The van der Waals surface area contributed by atoms with E-state index in [0.29, 0.717) is 26.1 Å². The first-order chi connectivity index (χ1) is 11.7. The smallest absolute Gasteiger partial charge is 0.345 e. The van der Waals surface area contributed by atoms with Crippen LogP contribution in [0.15, 0.2) is 17.0 Å². The van der Waals surface area contributed by atoms with Crippen LogP contribution >= 0.6 is 12.4 Å². The molecule has 148 valence electrons. The SMILES string of the molecule is COC(=O)c1c(OC)ccc(S(=O)(=O)N2CCC(C)(CN)C2)c1OC.Cl. The predicted molar refractivity (Wildman–Crippen MR) is 98.7 cm³/mol. The van der Waals surface area contributed by atoms with Crippen LogP contribution in [0.25, 0.3) is 0 Å². The zero-order chi connectivity index (χ0) is 18.8. The Morgan fingerprint density at radius 1 is 1.27 bits per heavy atom. The average molecular weight is 409 g/mol. The first kappa shape index (κ1) is 22.5.